The summed E-state index contributed by atoms with van der Waals surface area (Å²) in [5.41, 5.74) is 1.84. The number of nitriles is 1. The van der Waals surface area contributed by atoms with Crippen molar-refractivity contribution in [1.29, 1.82) is 5.26 Å². The predicted molar refractivity (Wildman–Crippen MR) is 75.7 cm³/mol. The summed E-state index contributed by atoms with van der Waals surface area (Å²) in [4.78, 5) is 14.3. The van der Waals surface area contributed by atoms with Crippen LogP contribution < -0.4 is 5.32 Å². The molecule has 1 aliphatic heterocycles. The molecule has 1 amide bonds. The molecule has 1 aromatic rings. The third-order valence-corrected chi connectivity index (χ3v) is 4.03. The van der Waals surface area contributed by atoms with Crippen LogP contribution in [0.3, 0.4) is 0 Å². The van der Waals surface area contributed by atoms with Gasteiger partial charge in [0.1, 0.15) is 0 Å². The Labute approximate surface area is 119 Å². The van der Waals surface area contributed by atoms with Gasteiger partial charge in [-0.25, -0.2) is 0 Å². The first-order valence-corrected chi connectivity index (χ1v) is 7.26. The van der Waals surface area contributed by atoms with Crippen LogP contribution in [-0.4, -0.2) is 29.9 Å². The van der Waals surface area contributed by atoms with E-state index in [1.807, 2.05) is 24.3 Å². The maximum absolute atomic E-state index is 12.0. The van der Waals surface area contributed by atoms with Crippen LogP contribution >= 0.6 is 0 Å². The highest BCUT2D eigenvalue weighted by Gasteiger charge is 2.31. The van der Waals surface area contributed by atoms with Gasteiger partial charge in [-0.2, -0.15) is 5.26 Å². The van der Waals surface area contributed by atoms with E-state index in [4.69, 9.17) is 5.26 Å². The summed E-state index contributed by atoms with van der Waals surface area (Å²) < 4.78 is 0. The number of carbonyl (C=O) groups is 1. The van der Waals surface area contributed by atoms with Gasteiger partial charge < -0.3 is 5.32 Å². The zero-order valence-corrected chi connectivity index (χ0v) is 11.5. The van der Waals surface area contributed by atoms with Crippen molar-refractivity contribution in [2.24, 2.45) is 5.92 Å². The summed E-state index contributed by atoms with van der Waals surface area (Å²) in [6.45, 7) is 2.61. The zero-order chi connectivity index (χ0) is 13.9. The molecule has 1 aromatic carbocycles. The minimum absolute atomic E-state index is 0.134. The summed E-state index contributed by atoms with van der Waals surface area (Å²) in [5.74, 6) is 0.357. The standard InChI is InChI=1S/C16H19N3O/c17-9-12-2-1-3-13(8-12)10-19-7-6-14(11-19)16(20)18-15-4-5-15/h1-3,8,14-15H,4-7,10-11H2,(H,18,20). The van der Waals surface area contributed by atoms with Crippen molar-refractivity contribution >= 4 is 5.91 Å². The van der Waals surface area contributed by atoms with Crippen LogP contribution in [0.1, 0.15) is 30.4 Å². The number of benzene rings is 1. The molecule has 1 unspecified atom stereocenters. The molecule has 1 N–H and O–H groups in total. The van der Waals surface area contributed by atoms with E-state index in [1.165, 1.54) is 0 Å². The van der Waals surface area contributed by atoms with Gasteiger partial charge in [0.05, 0.1) is 17.6 Å². The van der Waals surface area contributed by atoms with E-state index < -0.39 is 0 Å². The average Bonchev–Trinajstić information content (AvgIpc) is 3.15. The normalized spacial score (nSPS) is 22.4. The molecule has 1 aliphatic carbocycles. The number of nitrogens with zero attached hydrogens (tertiary/aromatic N) is 2. The van der Waals surface area contributed by atoms with Gasteiger partial charge in [0.25, 0.3) is 0 Å². The molecule has 1 heterocycles. The lowest BCUT2D eigenvalue weighted by molar-refractivity contribution is -0.124. The van der Waals surface area contributed by atoms with Crippen LogP contribution in [0, 0.1) is 17.2 Å². The van der Waals surface area contributed by atoms with Crippen molar-refractivity contribution in [3.8, 4) is 6.07 Å². The fourth-order valence-electron chi connectivity index (χ4n) is 2.73. The summed E-state index contributed by atoms with van der Waals surface area (Å²) in [6, 6.07) is 10.3. The predicted octanol–water partition coefficient (Wildman–Crippen LogP) is 1.66. The number of rotatable bonds is 4. The molecule has 4 nitrogen and oxygen atoms in total. The molecular weight excluding hydrogens is 250 g/mol. The van der Waals surface area contributed by atoms with Crippen molar-refractivity contribution in [2.75, 3.05) is 13.1 Å². The van der Waals surface area contributed by atoms with Gasteiger partial charge in [-0.15, -0.1) is 0 Å². The Kier molecular flexibility index (Phi) is 3.70. The quantitative estimate of drug-likeness (QED) is 0.904. The molecule has 2 fully saturated rings. The highest BCUT2D eigenvalue weighted by molar-refractivity contribution is 5.79. The molecule has 104 valence electrons. The summed E-state index contributed by atoms with van der Waals surface area (Å²) in [7, 11) is 0. The molecule has 0 bridgehead atoms. The molecule has 1 saturated heterocycles. The number of hydrogen-bond donors (Lipinski definition) is 1. The molecule has 20 heavy (non-hydrogen) atoms. The van der Waals surface area contributed by atoms with Crippen molar-refractivity contribution in [2.45, 2.75) is 31.8 Å². The Hall–Kier alpha value is -1.86. The minimum Gasteiger partial charge on any atom is -0.353 e. The Bertz CT molecular complexity index is 545. The van der Waals surface area contributed by atoms with Crippen molar-refractivity contribution in [3.63, 3.8) is 0 Å². The van der Waals surface area contributed by atoms with Crippen LogP contribution in [0.5, 0.6) is 0 Å². The molecule has 4 heteroatoms. The maximum Gasteiger partial charge on any atom is 0.224 e. The first-order chi connectivity index (χ1) is 9.74. The second-order valence-electron chi connectivity index (χ2n) is 5.82. The fourth-order valence-corrected chi connectivity index (χ4v) is 2.73. The fraction of sp³-hybridized carbons (Fsp3) is 0.500. The topological polar surface area (TPSA) is 56.1 Å². The van der Waals surface area contributed by atoms with Gasteiger partial charge in [-0.3, -0.25) is 9.69 Å². The van der Waals surface area contributed by atoms with E-state index in [9.17, 15) is 4.79 Å². The van der Waals surface area contributed by atoms with Gasteiger partial charge in [-0.05, 0) is 43.5 Å². The van der Waals surface area contributed by atoms with E-state index in [-0.39, 0.29) is 11.8 Å². The smallest absolute Gasteiger partial charge is 0.224 e. The van der Waals surface area contributed by atoms with E-state index >= 15 is 0 Å². The van der Waals surface area contributed by atoms with E-state index in [1.54, 1.807) is 0 Å². The van der Waals surface area contributed by atoms with Gasteiger partial charge >= 0.3 is 0 Å². The van der Waals surface area contributed by atoms with Gasteiger partial charge in [0.15, 0.2) is 0 Å². The molecule has 2 aliphatic rings. The number of amides is 1. The lowest BCUT2D eigenvalue weighted by Gasteiger charge is -2.16. The Morgan fingerprint density at radius 2 is 2.25 bits per heavy atom. The monoisotopic (exact) mass is 269 g/mol. The maximum atomic E-state index is 12.0. The van der Waals surface area contributed by atoms with Crippen LogP contribution in [-0.2, 0) is 11.3 Å². The van der Waals surface area contributed by atoms with Crippen molar-refractivity contribution in [1.82, 2.24) is 10.2 Å². The molecule has 0 aromatic heterocycles. The number of nitrogens with one attached hydrogen (secondary N) is 1. The highest BCUT2D eigenvalue weighted by Crippen LogP contribution is 2.23. The molecule has 1 saturated carbocycles. The largest absolute Gasteiger partial charge is 0.353 e. The molecule has 3 rings (SSSR count). The van der Waals surface area contributed by atoms with Crippen LogP contribution in [0.25, 0.3) is 0 Å². The van der Waals surface area contributed by atoms with Crippen molar-refractivity contribution in [3.05, 3.63) is 35.4 Å². The van der Waals surface area contributed by atoms with E-state index in [0.29, 0.717) is 11.6 Å². The highest BCUT2D eigenvalue weighted by atomic mass is 16.2. The second kappa shape index (κ2) is 5.64. The average molecular weight is 269 g/mol. The van der Waals surface area contributed by atoms with Crippen molar-refractivity contribution < 1.29 is 4.79 Å². The van der Waals surface area contributed by atoms with Crippen LogP contribution in [0.15, 0.2) is 24.3 Å². The lowest BCUT2D eigenvalue weighted by Crippen LogP contribution is -2.34. The lowest BCUT2D eigenvalue weighted by atomic mass is 10.1. The van der Waals surface area contributed by atoms with Gasteiger partial charge in [0.2, 0.25) is 5.91 Å². The van der Waals surface area contributed by atoms with Crippen LogP contribution in [0.4, 0.5) is 0 Å². The van der Waals surface area contributed by atoms with E-state index in [0.717, 1.165) is 44.5 Å². The summed E-state index contributed by atoms with van der Waals surface area (Å²) in [6.07, 6.45) is 3.22. The Balaban J connectivity index is 1.54. The number of hydrogen-bond acceptors (Lipinski definition) is 3. The summed E-state index contributed by atoms with van der Waals surface area (Å²) >= 11 is 0. The minimum atomic E-state index is 0.134. The van der Waals surface area contributed by atoms with E-state index in [2.05, 4.69) is 16.3 Å². The Morgan fingerprint density at radius 3 is 3.00 bits per heavy atom. The second-order valence-corrected chi connectivity index (χ2v) is 5.82. The van der Waals surface area contributed by atoms with Gasteiger partial charge in [0, 0.05) is 19.1 Å². The SMILES string of the molecule is N#Cc1cccc(CN2CCC(C(=O)NC3CC3)C2)c1. The third-order valence-electron chi connectivity index (χ3n) is 4.03. The molecular formula is C16H19N3O. The molecule has 0 radical (unpaired) electrons. The number of carbonyl (C=O) groups excluding carboxylic acids is 1. The Morgan fingerprint density at radius 1 is 1.40 bits per heavy atom. The van der Waals surface area contributed by atoms with Gasteiger partial charge in [-0.1, -0.05) is 12.1 Å². The third kappa shape index (κ3) is 3.17. The molecule has 1 atom stereocenters. The zero-order valence-electron chi connectivity index (χ0n) is 11.5. The van der Waals surface area contributed by atoms with Crippen LogP contribution in [0.2, 0.25) is 0 Å². The first-order valence-electron chi connectivity index (χ1n) is 7.26. The molecule has 0 spiro atoms. The number of likely N-dealkylation sites (tertiary alicyclic amines) is 1. The first kappa shape index (κ1) is 13.1. The summed E-state index contributed by atoms with van der Waals surface area (Å²) in [5, 5.41) is 12.0.